The minimum absolute atomic E-state index is 0.00147. The number of ether oxygens (including phenoxy) is 9. The smallest absolute Gasteiger partial charge is 0.379 e. The van der Waals surface area contributed by atoms with Gasteiger partial charge in [0.15, 0.2) is 0 Å². The van der Waals surface area contributed by atoms with E-state index in [1.807, 2.05) is 30.3 Å². The van der Waals surface area contributed by atoms with Gasteiger partial charge in [-0.05, 0) is 12.1 Å². The van der Waals surface area contributed by atoms with Crippen molar-refractivity contribution in [2.75, 3.05) is 106 Å². The molecule has 41 heavy (non-hydrogen) atoms. The molecule has 0 radical (unpaired) electrons. The van der Waals surface area contributed by atoms with Gasteiger partial charge in [0.25, 0.3) is 5.78 Å². The third-order valence-electron chi connectivity index (χ3n) is 5.15. The molecular weight excluding hydrogens is 536 g/mol. The topological polar surface area (TPSA) is 117 Å². The van der Waals surface area contributed by atoms with Crippen molar-refractivity contribution in [3.63, 3.8) is 0 Å². The second kappa shape index (κ2) is 24.9. The summed E-state index contributed by atoms with van der Waals surface area (Å²) in [5.74, 6) is -0.732. The van der Waals surface area contributed by atoms with E-state index in [9.17, 15) is 9.59 Å². The van der Waals surface area contributed by atoms with Crippen LogP contribution in [0.2, 0.25) is 0 Å². The van der Waals surface area contributed by atoms with Crippen LogP contribution in [0.4, 0.5) is 0 Å². The lowest BCUT2D eigenvalue weighted by Crippen LogP contribution is -2.20. The normalized spacial score (nSPS) is 10.9. The van der Waals surface area contributed by atoms with Crippen molar-refractivity contribution in [2.45, 2.75) is 0 Å². The Hall–Kier alpha value is -2.90. The molecule has 0 spiro atoms. The van der Waals surface area contributed by atoms with Gasteiger partial charge in [-0.2, -0.15) is 0 Å². The van der Waals surface area contributed by atoms with Crippen molar-refractivity contribution in [1.29, 1.82) is 0 Å². The summed E-state index contributed by atoms with van der Waals surface area (Å²) >= 11 is 0. The molecule has 2 aromatic rings. The number of ketones is 1. The Morgan fingerprint density at radius 3 is 1.17 bits per heavy atom. The Kier molecular flexibility index (Phi) is 20.8. The van der Waals surface area contributed by atoms with Gasteiger partial charge in [0.2, 0.25) is 0 Å². The highest BCUT2D eigenvalue weighted by atomic mass is 16.6. The Balaban J connectivity index is 1.20. The zero-order valence-corrected chi connectivity index (χ0v) is 23.6. The van der Waals surface area contributed by atoms with Crippen LogP contribution in [0.1, 0.15) is 10.4 Å². The van der Waals surface area contributed by atoms with Gasteiger partial charge in [-0.1, -0.05) is 48.5 Å². The molecule has 0 unspecified atom stereocenters. The Labute approximate surface area is 241 Å². The summed E-state index contributed by atoms with van der Waals surface area (Å²) in [6.45, 7) is 6.74. The first kappa shape index (κ1) is 34.3. The van der Waals surface area contributed by atoms with E-state index in [2.05, 4.69) is 0 Å². The molecule has 11 heteroatoms. The Morgan fingerprint density at radius 1 is 0.415 bits per heavy atom. The van der Waals surface area contributed by atoms with Crippen molar-refractivity contribution in [2.24, 2.45) is 0 Å². The minimum atomic E-state index is -0.894. The molecule has 228 valence electrons. The van der Waals surface area contributed by atoms with Crippen molar-refractivity contribution < 1.29 is 52.2 Å². The molecule has 0 aliphatic heterocycles. The third kappa shape index (κ3) is 19.0. The zero-order chi connectivity index (χ0) is 29.1. The summed E-state index contributed by atoms with van der Waals surface area (Å²) < 4.78 is 48.4. The maximum atomic E-state index is 11.9. The number of rotatable bonds is 27. The predicted octanol–water partition coefficient (Wildman–Crippen LogP) is 2.61. The quantitative estimate of drug-likeness (QED) is 0.0674. The molecule has 0 aromatic heterocycles. The highest BCUT2D eigenvalue weighted by Gasteiger charge is 2.17. The molecule has 0 amide bonds. The predicted molar refractivity (Wildman–Crippen MR) is 149 cm³/mol. The summed E-state index contributed by atoms with van der Waals surface area (Å²) in [5.41, 5.74) is 0.298. The molecular formula is C30H42O11. The van der Waals surface area contributed by atoms with E-state index in [1.165, 1.54) is 0 Å². The van der Waals surface area contributed by atoms with Gasteiger partial charge in [-0.15, -0.1) is 0 Å². The first-order valence-electron chi connectivity index (χ1n) is 13.8. The zero-order valence-electron chi connectivity index (χ0n) is 23.6. The summed E-state index contributed by atoms with van der Waals surface area (Å²) in [4.78, 5) is 23.6. The molecule has 2 rings (SSSR count). The summed E-state index contributed by atoms with van der Waals surface area (Å²) in [5, 5.41) is 0. The fourth-order valence-corrected chi connectivity index (χ4v) is 3.12. The van der Waals surface area contributed by atoms with Gasteiger partial charge in [0, 0.05) is 5.56 Å². The van der Waals surface area contributed by atoms with Crippen LogP contribution in [0.5, 0.6) is 5.75 Å². The molecule has 11 nitrogen and oxygen atoms in total. The van der Waals surface area contributed by atoms with Crippen LogP contribution in [-0.4, -0.2) is 117 Å². The number of hydrogen-bond donors (Lipinski definition) is 0. The molecule has 0 saturated heterocycles. The average molecular weight is 579 g/mol. The van der Waals surface area contributed by atoms with Crippen LogP contribution in [0.25, 0.3) is 0 Å². The van der Waals surface area contributed by atoms with Gasteiger partial charge in [-0.25, -0.2) is 4.79 Å². The van der Waals surface area contributed by atoms with Gasteiger partial charge in [0.05, 0.1) is 92.5 Å². The van der Waals surface area contributed by atoms with Crippen LogP contribution in [0.15, 0.2) is 60.7 Å². The minimum Gasteiger partial charge on any atom is -0.491 e. The highest BCUT2D eigenvalue weighted by Crippen LogP contribution is 2.07. The lowest BCUT2D eigenvalue weighted by Gasteiger charge is -2.09. The van der Waals surface area contributed by atoms with Crippen molar-refractivity contribution >= 4 is 11.8 Å². The number of carbonyl (C=O) groups excluding carboxylic acids is 2. The van der Waals surface area contributed by atoms with Crippen LogP contribution >= 0.6 is 0 Å². The fourth-order valence-electron chi connectivity index (χ4n) is 3.12. The van der Waals surface area contributed by atoms with Crippen LogP contribution < -0.4 is 4.74 Å². The average Bonchev–Trinajstić information content (AvgIpc) is 3.01. The number of para-hydroxylation sites is 1. The maximum absolute atomic E-state index is 11.9. The van der Waals surface area contributed by atoms with E-state index < -0.39 is 11.8 Å². The van der Waals surface area contributed by atoms with Gasteiger partial charge in [-0.3, -0.25) is 4.79 Å². The number of benzene rings is 2. The lowest BCUT2D eigenvalue weighted by molar-refractivity contribution is -0.139. The molecule has 0 bridgehead atoms. The van der Waals surface area contributed by atoms with Gasteiger partial charge in [0.1, 0.15) is 19.0 Å². The van der Waals surface area contributed by atoms with Gasteiger partial charge >= 0.3 is 5.97 Å². The van der Waals surface area contributed by atoms with Crippen LogP contribution in [0, 0.1) is 0 Å². The van der Waals surface area contributed by atoms with Crippen LogP contribution in [-0.2, 0) is 42.7 Å². The Bertz CT molecular complexity index is 896. The number of hydrogen-bond acceptors (Lipinski definition) is 11. The molecule has 0 aliphatic carbocycles. The van der Waals surface area contributed by atoms with Crippen molar-refractivity contribution in [3.05, 3.63) is 66.2 Å². The van der Waals surface area contributed by atoms with Crippen molar-refractivity contribution in [3.8, 4) is 5.75 Å². The van der Waals surface area contributed by atoms with E-state index >= 15 is 0 Å². The molecule has 0 aliphatic rings. The maximum Gasteiger partial charge on any atom is 0.379 e. The van der Waals surface area contributed by atoms with Gasteiger partial charge < -0.3 is 42.6 Å². The monoisotopic (exact) mass is 578 g/mol. The van der Waals surface area contributed by atoms with E-state index in [0.29, 0.717) is 98.1 Å². The molecule has 0 atom stereocenters. The summed E-state index contributed by atoms with van der Waals surface area (Å²) in [6.07, 6.45) is 0. The molecule has 0 N–H and O–H groups in total. The van der Waals surface area contributed by atoms with E-state index in [-0.39, 0.29) is 13.2 Å². The van der Waals surface area contributed by atoms with E-state index in [0.717, 1.165) is 5.75 Å². The SMILES string of the molecule is O=C(OCCOCCOCCOCCOCCOCCOCCOCCOc1ccccc1)C(=O)c1ccccc1. The molecule has 0 saturated carbocycles. The van der Waals surface area contributed by atoms with E-state index in [4.69, 9.17) is 42.6 Å². The van der Waals surface area contributed by atoms with Crippen LogP contribution in [0.3, 0.4) is 0 Å². The summed E-state index contributed by atoms with van der Waals surface area (Å²) in [6, 6.07) is 17.9. The Morgan fingerprint density at radius 2 is 0.756 bits per heavy atom. The third-order valence-corrected chi connectivity index (χ3v) is 5.15. The molecule has 2 aromatic carbocycles. The molecule has 0 heterocycles. The first-order valence-corrected chi connectivity index (χ1v) is 13.8. The highest BCUT2D eigenvalue weighted by molar-refractivity contribution is 6.40. The first-order chi connectivity index (χ1) is 20.3. The number of Topliss-reactive ketones (excluding diaryl/α,β-unsaturated/α-hetero) is 1. The number of esters is 1. The lowest BCUT2D eigenvalue weighted by atomic mass is 10.1. The second-order valence-corrected chi connectivity index (χ2v) is 8.28. The van der Waals surface area contributed by atoms with E-state index in [1.54, 1.807) is 30.3 Å². The fraction of sp³-hybridized carbons (Fsp3) is 0.533. The largest absolute Gasteiger partial charge is 0.491 e. The van der Waals surface area contributed by atoms with Crippen molar-refractivity contribution in [1.82, 2.24) is 0 Å². The summed E-state index contributed by atoms with van der Waals surface area (Å²) in [7, 11) is 0. The number of carbonyl (C=O) groups is 2. The molecule has 0 fully saturated rings. The standard InChI is InChI=1S/C30H42O11/c31-29(27-7-3-1-4-8-27)30(32)41-26-24-39-22-20-37-18-16-35-14-12-33-11-13-34-15-17-36-19-21-38-23-25-40-28-9-5-2-6-10-28/h1-10H,11-26H2. The second-order valence-electron chi connectivity index (χ2n) is 8.28.